The number of ether oxygens (including phenoxy) is 1. The molecule has 0 N–H and O–H groups in total. The molecule has 0 unspecified atom stereocenters. The van der Waals surface area contributed by atoms with Crippen LogP contribution in [0.5, 0.6) is 6.01 Å². The van der Waals surface area contributed by atoms with Crippen molar-refractivity contribution in [2.75, 3.05) is 56.7 Å². The molecule has 0 radical (unpaired) electrons. The van der Waals surface area contributed by atoms with Crippen molar-refractivity contribution in [1.82, 2.24) is 19.8 Å². The number of halogens is 1. The molecule has 2 aliphatic heterocycles. The molecule has 6 rings (SSSR count). The van der Waals surface area contributed by atoms with Crippen LogP contribution in [-0.2, 0) is 17.8 Å². The minimum absolute atomic E-state index is 0.144. The summed E-state index contributed by atoms with van der Waals surface area (Å²) in [6, 6.07) is 15.2. The molecule has 3 atom stereocenters. The monoisotopic (exact) mass is 599 g/mol. The third kappa shape index (κ3) is 5.74. The van der Waals surface area contributed by atoms with Crippen molar-refractivity contribution < 1.29 is 9.53 Å². The third-order valence-electron chi connectivity index (χ3n) is 9.23. The number of amides is 1. The van der Waals surface area contributed by atoms with Gasteiger partial charge in [0.25, 0.3) is 0 Å². The van der Waals surface area contributed by atoms with Crippen LogP contribution in [0.15, 0.2) is 49.1 Å². The second-order valence-corrected chi connectivity index (χ2v) is 12.3. The van der Waals surface area contributed by atoms with Gasteiger partial charge in [-0.1, -0.05) is 42.4 Å². The number of piperazine rings is 1. The smallest absolute Gasteiger partial charge is 0.318 e. The normalized spacial score (nSPS) is 21.7. The Hall–Kier alpha value is -3.87. The molecule has 1 aliphatic carbocycles. The van der Waals surface area contributed by atoms with E-state index in [2.05, 4.69) is 65.7 Å². The van der Waals surface area contributed by atoms with Gasteiger partial charge in [0.2, 0.25) is 5.91 Å². The number of carbonyl (C=O) groups excluding carboxylic acids is 1. The second-order valence-electron chi connectivity index (χ2n) is 11.9. The van der Waals surface area contributed by atoms with Crippen molar-refractivity contribution >= 4 is 39.8 Å². The highest BCUT2D eigenvalue weighted by molar-refractivity contribution is 6.36. The molecule has 3 aromatic rings. The van der Waals surface area contributed by atoms with E-state index in [-0.39, 0.29) is 18.4 Å². The minimum atomic E-state index is -0.243. The maximum absolute atomic E-state index is 12.5. The largest absolute Gasteiger partial charge is 0.463 e. The molecule has 10 heteroatoms. The average Bonchev–Trinajstić information content (AvgIpc) is 2.99. The van der Waals surface area contributed by atoms with Crippen LogP contribution in [0.2, 0.25) is 5.02 Å². The molecule has 3 aliphatic rings. The van der Waals surface area contributed by atoms with Gasteiger partial charge in [-0.2, -0.15) is 15.2 Å². The van der Waals surface area contributed by atoms with E-state index in [4.69, 9.17) is 26.3 Å². The number of nitriles is 1. The fourth-order valence-electron chi connectivity index (χ4n) is 6.80. The van der Waals surface area contributed by atoms with Crippen molar-refractivity contribution in [3.05, 3.63) is 65.3 Å². The van der Waals surface area contributed by atoms with Gasteiger partial charge in [0.15, 0.2) is 0 Å². The molecule has 0 bridgehead atoms. The molecule has 9 nitrogen and oxygen atoms in total. The zero-order chi connectivity index (χ0) is 30.1. The summed E-state index contributed by atoms with van der Waals surface area (Å²) in [5, 5.41) is 12.4. The Kier molecular flexibility index (Phi) is 8.42. The van der Waals surface area contributed by atoms with Gasteiger partial charge in [0.05, 0.1) is 42.4 Å². The van der Waals surface area contributed by atoms with Gasteiger partial charge in [-0.05, 0) is 57.0 Å². The Morgan fingerprint density at radius 3 is 2.70 bits per heavy atom. The summed E-state index contributed by atoms with van der Waals surface area (Å²) < 4.78 is 6.32. The van der Waals surface area contributed by atoms with Gasteiger partial charge in [0, 0.05) is 54.8 Å². The standard InChI is InChI=1S/C33H38ClN7O2/c1-4-30(42)41-18-17-40(19-24(41)13-15-35)32-25-14-16-39(29-10-6-8-22-7-5-9-26(34)31(22)29)20-27(25)36-33(37-32)43-21-23-11-12-28(23)38(2)3/h4-10,23-24,28H,1,11-14,16-21H2,2-3H3/t23-,24-,28-/m0/s1. The van der Waals surface area contributed by atoms with E-state index in [1.165, 1.54) is 12.5 Å². The van der Waals surface area contributed by atoms with Crippen LogP contribution in [-0.4, -0.2) is 84.6 Å². The summed E-state index contributed by atoms with van der Waals surface area (Å²) in [5.74, 6) is 1.15. The zero-order valence-corrected chi connectivity index (χ0v) is 25.6. The lowest BCUT2D eigenvalue weighted by atomic mass is 9.79. The number of rotatable bonds is 8. The van der Waals surface area contributed by atoms with Crippen LogP contribution < -0.4 is 14.5 Å². The van der Waals surface area contributed by atoms with Gasteiger partial charge >= 0.3 is 6.01 Å². The lowest BCUT2D eigenvalue weighted by molar-refractivity contribution is -0.128. The first-order chi connectivity index (χ1) is 20.9. The first-order valence-corrected chi connectivity index (χ1v) is 15.4. The Bertz CT molecular complexity index is 1570. The van der Waals surface area contributed by atoms with Crippen LogP contribution in [0.25, 0.3) is 10.8 Å². The maximum Gasteiger partial charge on any atom is 0.318 e. The maximum atomic E-state index is 12.5. The Labute approximate surface area is 258 Å². The number of benzene rings is 2. The second kappa shape index (κ2) is 12.4. The van der Waals surface area contributed by atoms with E-state index in [1.807, 2.05) is 12.1 Å². The predicted molar refractivity (Wildman–Crippen MR) is 170 cm³/mol. The summed E-state index contributed by atoms with van der Waals surface area (Å²) in [6.45, 7) is 7.25. The van der Waals surface area contributed by atoms with E-state index < -0.39 is 0 Å². The summed E-state index contributed by atoms with van der Waals surface area (Å²) in [7, 11) is 4.24. The number of aromatic nitrogens is 2. The molecule has 1 amide bonds. The fourth-order valence-corrected chi connectivity index (χ4v) is 7.08. The van der Waals surface area contributed by atoms with E-state index in [9.17, 15) is 10.1 Å². The summed E-state index contributed by atoms with van der Waals surface area (Å²) >= 11 is 6.70. The number of hydrogen-bond acceptors (Lipinski definition) is 8. The molecule has 2 fully saturated rings. The lowest BCUT2D eigenvalue weighted by Gasteiger charge is -2.42. The summed E-state index contributed by atoms with van der Waals surface area (Å²) in [4.78, 5) is 31.1. The van der Waals surface area contributed by atoms with Crippen molar-refractivity contribution in [3.8, 4) is 12.1 Å². The summed E-state index contributed by atoms with van der Waals surface area (Å²) in [6.07, 6.45) is 4.63. The van der Waals surface area contributed by atoms with E-state index >= 15 is 0 Å². The lowest BCUT2D eigenvalue weighted by Crippen LogP contribution is -2.55. The van der Waals surface area contributed by atoms with Crippen LogP contribution in [0.4, 0.5) is 11.5 Å². The first-order valence-electron chi connectivity index (χ1n) is 15.0. The number of hydrogen-bond donors (Lipinski definition) is 0. The molecule has 43 heavy (non-hydrogen) atoms. The average molecular weight is 600 g/mol. The fraction of sp³-hybridized carbons (Fsp3) is 0.455. The van der Waals surface area contributed by atoms with E-state index in [0.29, 0.717) is 50.8 Å². The van der Waals surface area contributed by atoms with Crippen LogP contribution in [0, 0.1) is 17.2 Å². The molecule has 1 saturated heterocycles. The number of carbonyl (C=O) groups is 1. The van der Waals surface area contributed by atoms with Crippen molar-refractivity contribution in [2.45, 2.75) is 44.3 Å². The van der Waals surface area contributed by atoms with Crippen molar-refractivity contribution in [2.24, 2.45) is 5.92 Å². The quantitative estimate of drug-likeness (QED) is 0.345. The Morgan fingerprint density at radius 1 is 1.16 bits per heavy atom. The molecular formula is C33H38ClN7O2. The van der Waals surface area contributed by atoms with Crippen LogP contribution in [0.1, 0.15) is 30.5 Å². The van der Waals surface area contributed by atoms with Gasteiger partial charge in [-0.15, -0.1) is 0 Å². The zero-order valence-electron chi connectivity index (χ0n) is 24.9. The predicted octanol–water partition coefficient (Wildman–Crippen LogP) is 4.68. The van der Waals surface area contributed by atoms with E-state index in [0.717, 1.165) is 57.9 Å². The molecule has 3 heterocycles. The van der Waals surface area contributed by atoms with Crippen molar-refractivity contribution in [3.63, 3.8) is 0 Å². The third-order valence-corrected chi connectivity index (χ3v) is 9.54. The van der Waals surface area contributed by atoms with Gasteiger partial charge in [-0.3, -0.25) is 4.79 Å². The molecule has 2 aromatic carbocycles. The van der Waals surface area contributed by atoms with Gasteiger partial charge < -0.3 is 24.3 Å². The van der Waals surface area contributed by atoms with Crippen molar-refractivity contribution in [1.29, 1.82) is 5.26 Å². The van der Waals surface area contributed by atoms with Crippen LogP contribution >= 0.6 is 11.6 Å². The molecule has 224 valence electrons. The highest BCUT2D eigenvalue weighted by Gasteiger charge is 2.35. The van der Waals surface area contributed by atoms with E-state index in [1.54, 1.807) is 4.90 Å². The first kappa shape index (κ1) is 29.2. The molecule has 1 saturated carbocycles. The SMILES string of the molecule is C=CC(=O)N1CCN(c2nc(OC[C@@H]3CC[C@@H]3N(C)C)nc3c2CCN(c2cccc4cccc(Cl)c24)C3)C[C@@H]1CC#N. The summed E-state index contributed by atoms with van der Waals surface area (Å²) in [5.41, 5.74) is 3.13. The Morgan fingerprint density at radius 2 is 1.98 bits per heavy atom. The minimum Gasteiger partial charge on any atom is -0.463 e. The molecular weight excluding hydrogens is 562 g/mol. The van der Waals surface area contributed by atoms with Gasteiger partial charge in [-0.25, -0.2) is 0 Å². The molecule has 1 aromatic heterocycles. The highest BCUT2D eigenvalue weighted by Crippen LogP contribution is 2.38. The Balaban J connectivity index is 1.33. The van der Waals surface area contributed by atoms with Gasteiger partial charge in [0.1, 0.15) is 5.82 Å². The highest BCUT2D eigenvalue weighted by atomic mass is 35.5. The number of nitrogens with zero attached hydrogens (tertiary/aromatic N) is 7. The number of anilines is 2. The topological polar surface area (TPSA) is 88.8 Å². The number of fused-ring (bicyclic) bond motifs is 2. The molecule has 0 spiro atoms. The van der Waals surface area contributed by atoms with Crippen LogP contribution in [0.3, 0.4) is 0 Å².